The maximum absolute atomic E-state index is 12.2. The number of carbonyl (C=O) groups excluding carboxylic acids is 2. The first-order chi connectivity index (χ1) is 11.4. The molecule has 2 rings (SSSR count). The van der Waals surface area contributed by atoms with E-state index in [-0.39, 0.29) is 5.91 Å². The Morgan fingerprint density at radius 2 is 2.08 bits per heavy atom. The molecule has 0 saturated carbocycles. The first kappa shape index (κ1) is 18.1. The number of hydrogen-bond donors (Lipinski definition) is 1. The first-order valence-electron chi connectivity index (χ1n) is 7.50. The Morgan fingerprint density at radius 1 is 1.33 bits per heavy atom. The van der Waals surface area contributed by atoms with E-state index in [0.29, 0.717) is 23.6 Å². The number of rotatable bonds is 7. The fraction of sp³-hybridized carbons (Fsp3) is 0.353. The number of aryl methyl sites for hydroxylation is 2. The highest BCUT2D eigenvalue weighted by atomic mass is 32.2. The van der Waals surface area contributed by atoms with E-state index in [0.717, 1.165) is 22.6 Å². The lowest BCUT2D eigenvalue weighted by Gasteiger charge is -2.17. The van der Waals surface area contributed by atoms with Crippen molar-refractivity contribution in [1.29, 1.82) is 0 Å². The minimum absolute atomic E-state index is 0.0243. The summed E-state index contributed by atoms with van der Waals surface area (Å²) in [6, 6.07) is 7.00. The Kier molecular flexibility index (Phi) is 6.03. The van der Waals surface area contributed by atoms with Gasteiger partial charge in [-0.1, -0.05) is 17.3 Å². The molecule has 0 saturated heterocycles. The van der Waals surface area contributed by atoms with Crippen LogP contribution in [0.4, 0.5) is 0 Å². The molecular formula is C17H21N3O3S. The Balaban J connectivity index is 1.86. The highest BCUT2D eigenvalue weighted by molar-refractivity contribution is 7.99. The third-order valence-corrected chi connectivity index (χ3v) is 4.65. The second-order valence-electron chi connectivity index (χ2n) is 5.61. The molecule has 0 aliphatic heterocycles. The summed E-state index contributed by atoms with van der Waals surface area (Å²) in [6.07, 6.45) is 0. The summed E-state index contributed by atoms with van der Waals surface area (Å²) in [4.78, 5) is 25.1. The molecule has 2 amide bonds. The number of nitrogens with zero attached hydrogens (tertiary/aromatic N) is 2. The van der Waals surface area contributed by atoms with E-state index >= 15 is 0 Å². The molecule has 6 nitrogen and oxygen atoms in total. The topological polar surface area (TPSA) is 89.4 Å². The predicted molar refractivity (Wildman–Crippen MR) is 93.6 cm³/mol. The molecule has 0 bridgehead atoms. The second-order valence-corrected chi connectivity index (χ2v) is 6.60. The van der Waals surface area contributed by atoms with Gasteiger partial charge < -0.3 is 15.2 Å². The lowest BCUT2D eigenvalue weighted by molar-refractivity contribution is -0.127. The van der Waals surface area contributed by atoms with Crippen molar-refractivity contribution in [2.75, 3.05) is 12.8 Å². The van der Waals surface area contributed by atoms with Crippen molar-refractivity contribution in [2.24, 2.45) is 5.73 Å². The third kappa shape index (κ3) is 4.61. The molecular weight excluding hydrogens is 326 g/mol. The van der Waals surface area contributed by atoms with Crippen molar-refractivity contribution in [3.8, 4) is 0 Å². The van der Waals surface area contributed by atoms with Gasteiger partial charge in [0.25, 0.3) is 0 Å². The van der Waals surface area contributed by atoms with Crippen LogP contribution in [0, 0.1) is 13.8 Å². The van der Waals surface area contributed by atoms with E-state index < -0.39 is 5.91 Å². The zero-order chi connectivity index (χ0) is 17.7. The lowest BCUT2D eigenvalue weighted by atomic mass is 10.1. The van der Waals surface area contributed by atoms with Gasteiger partial charge in [-0.25, -0.2) is 0 Å². The minimum atomic E-state index is -0.471. The quantitative estimate of drug-likeness (QED) is 0.830. The molecule has 0 unspecified atom stereocenters. The van der Waals surface area contributed by atoms with Gasteiger partial charge in [0.2, 0.25) is 11.8 Å². The van der Waals surface area contributed by atoms with Gasteiger partial charge in [0.15, 0.2) is 0 Å². The van der Waals surface area contributed by atoms with Gasteiger partial charge in [0.1, 0.15) is 5.76 Å². The molecule has 128 valence electrons. The molecule has 0 aliphatic carbocycles. The molecule has 7 heteroatoms. The average molecular weight is 347 g/mol. The van der Waals surface area contributed by atoms with E-state index in [1.807, 2.05) is 19.9 Å². The van der Waals surface area contributed by atoms with E-state index in [4.69, 9.17) is 10.3 Å². The van der Waals surface area contributed by atoms with Crippen LogP contribution >= 0.6 is 11.8 Å². The van der Waals surface area contributed by atoms with Gasteiger partial charge >= 0.3 is 0 Å². The van der Waals surface area contributed by atoms with Crippen LogP contribution in [0.15, 0.2) is 28.8 Å². The summed E-state index contributed by atoms with van der Waals surface area (Å²) in [6.45, 7) is 4.20. The number of nitrogens with two attached hydrogens (primary N) is 1. The Hall–Kier alpha value is -2.28. The number of carbonyl (C=O) groups is 2. The van der Waals surface area contributed by atoms with Gasteiger partial charge in [-0.3, -0.25) is 9.59 Å². The molecule has 24 heavy (non-hydrogen) atoms. The van der Waals surface area contributed by atoms with Crippen LogP contribution in [0.5, 0.6) is 0 Å². The van der Waals surface area contributed by atoms with Crippen LogP contribution in [0.1, 0.15) is 32.9 Å². The zero-order valence-electron chi connectivity index (χ0n) is 14.0. The van der Waals surface area contributed by atoms with Gasteiger partial charge in [0.05, 0.1) is 11.4 Å². The summed E-state index contributed by atoms with van der Waals surface area (Å²) >= 11 is 1.53. The lowest BCUT2D eigenvalue weighted by Crippen LogP contribution is -2.28. The molecule has 2 aromatic rings. The standard InChI is InChI=1S/C17H21N3O3S/c1-11-15(12(2)23-19-11)9-24-10-16(21)20(3)8-13-5-4-6-14(7-13)17(18)22/h4-7H,8-10H2,1-3H3,(H2,18,22). The second kappa shape index (κ2) is 8.01. The van der Waals surface area contributed by atoms with Crippen LogP contribution in [0.2, 0.25) is 0 Å². The summed E-state index contributed by atoms with van der Waals surface area (Å²) in [5.41, 5.74) is 8.50. The average Bonchev–Trinajstić information content (AvgIpc) is 2.86. The molecule has 0 atom stereocenters. The molecule has 1 heterocycles. The molecule has 0 fully saturated rings. The van der Waals surface area contributed by atoms with E-state index in [1.165, 1.54) is 11.8 Å². The summed E-state index contributed by atoms with van der Waals surface area (Å²) in [5.74, 6) is 1.41. The molecule has 2 N–H and O–H groups in total. The smallest absolute Gasteiger partial charge is 0.248 e. The number of hydrogen-bond acceptors (Lipinski definition) is 5. The number of thioether (sulfide) groups is 1. The molecule has 0 radical (unpaired) electrons. The van der Waals surface area contributed by atoms with Crippen molar-refractivity contribution in [3.63, 3.8) is 0 Å². The van der Waals surface area contributed by atoms with Crippen LogP contribution in [0.25, 0.3) is 0 Å². The Labute approximate surface area is 145 Å². The van der Waals surface area contributed by atoms with Crippen LogP contribution in [0.3, 0.4) is 0 Å². The molecule has 1 aromatic heterocycles. The minimum Gasteiger partial charge on any atom is -0.366 e. The van der Waals surface area contributed by atoms with Crippen molar-refractivity contribution in [2.45, 2.75) is 26.1 Å². The van der Waals surface area contributed by atoms with Gasteiger partial charge in [-0.15, -0.1) is 11.8 Å². The van der Waals surface area contributed by atoms with Crippen molar-refractivity contribution in [3.05, 3.63) is 52.4 Å². The van der Waals surface area contributed by atoms with Crippen molar-refractivity contribution < 1.29 is 14.1 Å². The fourth-order valence-electron chi connectivity index (χ4n) is 2.24. The highest BCUT2D eigenvalue weighted by Gasteiger charge is 2.13. The van der Waals surface area contributed by atoms with Crippen LogP contribution in [-0.4, -0.2) is 34.7 Å². The SMILES string of the molecule is Cc1noc(C)c1CSCC(=O)N(C)Cc1cccc(C(N)=O)c1. The normalized spacial score (nSPS) is 10.6. The van der Waals surface area contributed by atoms with Gasteiger partial charge in [-0.05, 0) is 31.5 Å². The summed E-state index contributed by atoms with van der Waals surface area (Å²) in [5, 5.41) is 3.91. The third-order valence-electron chi connectivity index (χ3n) is 3.71. The largest absolute Gasteiger partial charge is 0.366 e. The van der Waals surface area contributed by atoms with Crippen LogP contribution in [-0.2, 0) is 17.1 Å². The Bertz CT molecular complexity index is 723. The number of aromatic nitrogens is 1. The molecule has 0 spiro atoms. The van der Waals surface area contributed by atoms with Crippen LogP contribution < -0.4 is 5.73 Å². The summed E-state index contributed by atoms with van der Waals surface area (Å²) in [7, 11) is 1.75. The van der Waals surface area contributed by atoms with Crippen molar-refractivity contribution in [1.82, 2.24) is 10.1 Å². The molecule has 0 aliphatic rings. The number of primary amides is 1. The van der Waals surface area contributed by atoms with E-state index in [1.54, 1.807) is 30.1 Å². The number of amides is 2. The summed E-state index contributed by atoms with van der Waals surface area (Å²) < 4.78 is 5.11. The van der Waals surface area contributed by atoms with Gasteiger partial charge in [0, 0.05) is 30.5 Å². The monoisotopic (exact) mass is 347 g/mol. The maximum atomic E-state index is 12.2. The maximum Gasteiger partial charge on any atom is 0.248 e. The molecule has 1 aromatic carbocycles. The predicted octanol–water partition coefficient (Wildman–Crippen LogP) is 2.28. The first-order valence-corrected chi connectivity index (χ1v) is 8.66. The highest BCUT2D eigenvalue weighted by Crippen LogP contribution is 2.19. The van der Waals surface area contributed by atoms with Gasteiger partial charge in [-0.2, -0.15) is 0 Å². The fourth-order valence-corrected chi connectivity index (χ4v) is 3.36. The van der Waals surface area contributed by atoms with E-state index in [9.17, 15) is 9.59 Å². The van der Waals surface area contributed by atoms with E-state index in [2.05, 4.69) is 5.16 Å². The zero-order valence-corrected chi connectivity index (χ0v) is 14.9. The van der Waals surface area contributed by atoms with Crippen molar-refractivity contribution >= 4 is 23.6 Å². The Morgan fingerprint density at radius 3 is 2.71 bits per heavy atom. The number of benzene rings is 1.